The number of hydrogen-bond acceptors (Lipinski definition) is 5. The minimum absolute atomic E-state index is 0.206. The van der Waals surface area contributed by atoms with Crippen LogP contribution in [0.3, 0.4) is 0 Å². The van der Waals surface area contributed by atoms with Gasteiger partial charge in [0.2, 0.25) is 5.95 Å². The lowest BCUT2D eigenvalue weighted by Gasteiger charge is -2.23. The standard InChI is InChI=1S/C11H18N6O2/c1-5-16(6-2)17-7-8(13-10(17)12)14(3)11(19)15(4)9(7)18/h5-6H2,1-4H3,(H2,12,13). The Morgan fingerprint density at radius 3 is 2.26 bits per heavy atom. The van der Waals surface area contributed by atoms with E-state index in [1.54, 1.807) is 11.7 Å². The van der Waals surface area contributed by atoms with Crippen LogP contribution in [0.5, 0.6) is 0 Å². The molecular weight excluding hydrogens is 248 g/mol. The minimum Gasteiger partial charge on any atom is -0.368 e. The third kappa shape index (κ3) is 1.71. The molecule has 2 N–H and O–H groups in total. The van der Waals surface area contributed by atoms with Crippen molar-refractivity contribution in [3.8, 4) is 0 Å². The molecule has 0 spiro atoms. The highest BCUT2D eigenvalue weighted by Gasteiger charge is 2.19. The SMILES string of the molecule is CCN(CC)n1c(N)nc2c1c(=O)n(C)c(=O)n2C. The molecule has 8 heteroatoms. The molecule has 8 nitrogen and oxygen atoms in total. The number of anilines is 1. The van der Waals surface area contributed by atoms with Crippen LogP contribution in [0.15, 0.2) is 9.59 Å². The second-order valence-electron chi connectivity index (χ2n) is 4.30. The number of nitrogens with two attached hydrogens (primary N) is 1. The van der Waals surface area contributed by atoms with E-state index in [0.717, 1.165) is 4.57 Å². The number of rotatable bonds is 3. The van der Waals surface area contributed by atoms with Gasteiger partial charge >= 0.3 is 5.69 Å². The number of aromatic nitrogens is 4. The van der Waals surface area contributed by atoms with E-state index in [0.29, 0.717) is 24.3 Å². The van der Waals surface area contributed by atoms with Crippen LogP contribution in [-0.2, 0) is 14.1 Å². The molecular formula is C11H18N6O2. The van der Waals surface area contributed by atoms with Crippen molar-refractivity contribution in [2.75, 3.05) is 23.8 Å². The fourth-order valence-corrected chi connectivity index (χ4v) is 2.19. The first-order valence-electron chi connectivity index (χ1n) is 6.13. The molecule has 2 aromatic heterocycles. The molecule has 0 aliphatic rings. The van der Waals surface area contributed by atoms with Crippen LogP contribution in [-0.4, -0.2) is 31.9 Å². The first kappa shape index (κ1) is 13.2. The predicted molar refractivity (Wildman–Crippen MR) is 73.9 cm³/mol. The van der Waals surface area contributed by atoms with Crippen molar-refractivity contribution in [3.05, 3.63) is 20.8 Å². The van der Waals surface area contributed by atoms with Crippen LogP contribution < -0.4 is 22.0 Å². The number of nitrogen functional groups attached to an aromatic ring is 1. The number of imidazole rings is 1. The van der Waals surface area contributed by atoms with Crippen molar-refractivity contribution in [2.24, 2.45) is 14.1 Å². The van der Waals surface area contributed by atoms with Gasteiger partial charge in [-0.3, -0.25) is 13.9 Å². The number of fused-ring (bicyclic) bond motifs is 1. The Kier molecular flexibility index (Phi) is 3.09. The van der Waals surface area contributed by atoms with E-state index >= 15 is 0 Å². The lowest BCUT2D eigenvalue weighted by Crippen LogP contribution is -2.41. The van der Waals surface area contributed by atoms with Crippen LogP contribution in [0.2, 0.25) is 0 Å². The Labute approximate surface area is 109 Å². The third-order valence-electron chi connectivity index (χ3n) is 3.27. The molecule has 0 saturated carbocycles. The van der Waals surface area contributed by atoms with Crippen LogP contribution in [0.4, 0.5) is 5.95 Å². The van der Waals surface area contributed by atoms with Gasteiger partial charge < -0.3 is 10.7 Å². The highest BCUT2D eigenvalue weighted by atomic mass is 16.2. The summed E-state index contributed by atoms with van der Waals surface area (Å²) in [5, 5.41) is 1.89. The van der Waals surface area contributed by atoms with Gasteiger partial charge in [0, 0.05) is 27.2 Å². The molecule has 0 saturated heterocycles. The van der Waals surface area contributed by atoms with E-state index in [1.165, 1.54) is 11.6 Å². The number of hydrogen-bond donors (Lipinski definition) is 1. The lowest BCUT2D eigenvalue weighted by molar-refractivity contribution is 0.634. The summed E-state index contributed by atoms with van der Waals surface area (Å²) in [5.74, 6) is 0.206. The molecule has 2 aromatic rings. The average Bonchev–Trinajstić information content (AvgIpc) is 2.74. The monoisotopic (exact) mass is 266 g/mol. The molecule has 19 heavy (non-hydrogen) atoms. The fraction of sp³-hybridized carbons (Fsp3) is 0.545. The quantitative estimate of drug-likeness (QED) is 0.769. The molecule has 0 radical (unpaired) electrons. The van der Waals surface area contributed by atoms with Crippen molar-refractivity contribution in [1.82, 2.24) is 18.8 Å². The molecule has 0 amide bonds. The van der Waals surface area contributed by atoms with Crippen LogP contribution in [0.25, 0.3) is 11.2 Å². The second-order valence-corrected chi connectivity index (χ2v) is 4.30. The zero-order valence-electron chi connectivity index (χ0n) is 11.5. The Hall–Kier alpha value is -2.25. The van der Waals surface area contributed by atoms with Crippen molar-refractivity contribution in [3.63, 3.8) is 0 Å². The number of nitrogens with zero attached hydrogens (tertiary/aromatic N) is 5. The molecule has 0 unspecified atom stereocenters. The van der Waals surface area contributed by atoms with Gasteiger partial charge in [-0.05, 0) is 13.8 Å². The summed E-state index contributed by atoms with van der Waals surface area (Å²) >= 11 is 0. The molecule has 0 aromatic carbocycles. The second kappa shape index (κ2) is 4.45. The first-order valence-corrected chi connectivity index (χ1v) is 6.13. The highest BCUT2D eigenvalue weighted by molar-refractivity contribution is 5.74. The van der Waals surface area contributed by atoms with Gasteiger partial charge in [-0.15, -0.1) is 0 Å². The van der Waals surface area contributed by atoms with E-state index in [9.17, 15) is 9.59 Å². The molecule has 0 aliphatic heterocycles. The van der Waals surface area contributed by atoms with Gasteiger partial charge in [0.15, 0.2) is 11.2 Å². The molecule has 2 heterocycles. The van der Waals surface area contributed by atoms with Crippen molar-refractivity contribution in [1.29, 1.82) is 0 Å². The van der Waals surface area contributed by atoms with E-state index in [4.69, 9.17) is 5.73 Å². The fourth-order valence-electron chi connectivity index (χ4n) is 2.19. The molecule has 0 fully saturated rings. The normalized spacial score (nSPS) is 11.2. The zero-order chi connectivity index (χ0) is 14.3. The van der Waals surface area contributed by atoms with Crippen LogP contribution in [0, 0.1) is 0 Å². The van der Waals surface area contributed by atoms with E-state index in [1.807, 2.05) is 18.9 Å². The smallest absolute Gasteiger partial charge is 0.332 e. The highest BCUT2D eigenvalue weighted by Crippen LogP contribution is 2.12. The van der Waals surface area contributed by atoms with E-state index < -0.39 is 11.2 Å². The van der Waals surface area contributed by atoms with E-state index in [-0.39, 0.29) is 5.95 Å². The maximum Gasteiger partial charge on any atom is 0.332 e. The van der Waals surface area contributed by atoms with Crippen LogP contribution >= 0.6 is 0 Å². The van der Waals surface area contributed by atoms with Crippen LogP contribution in [0.1, 0.15) is 13.8 Å². The van der Waals surface area contributed by atoms with Crippen molar-refractivity contribution >= 4 is 17.1 Å². The largest absolute Gasteiger partial charge is 0.368 e. The van der Waals surface area contributed by atoms with E-state index in [2.05, 4.69) is 4.98 Å². The van der Waals surface area contributed by atoms with Crippen molar-refractivity contribution in [2.45, 2.75) is 13.8 Å². The molecule has 104 valence electrons. The summed E-state index contributed by atoms with van der Waals surface area (Å²) in [7, 11) is 3.02. The maximum atomic E-state index is 12.3. The Bertz CT molecular complexity index is 734. The summed E-state index contributed by atoms with van der Waals surface area (Å²) in [6.07, 6.45) is 0. The van der Waals surface area contributed by atoms with Gasteiger partial charge in [0.25, 0.3) is 5.56 Å². The van der Waals surface area contributed by atoms with Gasteiger partial charge in [0.05, 0.1) is 0 Å². The Morgan fingerprint density at radius 2 is 1.74 bits per heavy atom. The zero-order valence-corrected chi connectivity index (χ0v) is 11.5. The molecule has 0 atom stereocenters. The average molecular weight is 266 g/mol. The topological polar surface area (TPSA) is 91.1 Å². The molecule has 0 bridgehead atoms. The first-order chi connectivity index (χ1) is 8.93. The van der Waals surface area contributed by atoms with Gasteiger partial charge in [-0.25, -0.2) is 9.47 Å². The minimum atomic E-state index is -0.415. The third-order valence-corrected chi connectivity index (χ3v) is 3.27. The number of aryl methyl sites for hydroxylation is 1. The lowest BCUT2D eigenvalue weighted by atomic mass is 10.5. The summed E-state index contributed by atoms with van der Waals surface area (Å²) < 4.78 is 3.97. The Balaban J connectivity index is 2.99. The maximum absolute atomic E-state index is 12.3. The van der Waals surface area contributed by atoms with Gasteiger partial charge in [0.1, 0.15) is 0 Å². The van der Waals surface area contributed by atoms with Crippen molar-refractivity contribution < 1.29 is 0 Å². The predicted octanol–water partition coefficient (Wildman–Crippen LogP) is -1.01. The van der Waals surface area contributed by atoms with Gasteiger partial charge in [-0.2, -0.15) is 4.98 Å². The summed E-state index contributed by atoms with van der Waals surface area (Å²) in [6, 6.07) is 0. The summed E-state index contributed by atoms with van der Waals surface area (Å²) in [4.78, 5) is 28.3. The molecule has 2 rings (SSSR count). The van der Waals surface area contributed by atoms with Gasteiger partial charge in [-0.1, -0.05) is 0 Å². The summed E-state index contributed by atoms with van der Waals surface area (Å²) in [6.45, 7) is 5.28. The summed E-state index contributed by atoms with van der Waals surface area (Å²) in [5.41, 5.74) is 5.71. The molecule has 0 aliphatic carbocycles. The Morgan fingerprint density at radius 1 is 1.16 bits per heavy atom.